The SMILES string of the molecule is Cc1cc(SCC(=O)Nc2ccccc2[N+](=O)[O-])n2ncc(-c3ccccc3)c2n1. The molecule has 2 heterocycles. The number of aromatic nitrogens is 3. The highest BCUT2D eigenvalue weighted by Gasteiger charge is 2.16. The van der Waals surface area contributed by atoms with Gasteiger partial charge < -0.3 is 5.32 Å². The number of aryl methyl sites for hydroxylation is 1. The van der Waals surface area contributed by atoms with E-state index in [9.17, 15) is 14.9 Å². The van der Waals surface area contributed by atoms with Gasteiger partial charge in [-0.25, -0.2) is 9.50 Å². The molecule has 0 aliphatic heterocycles. The molecular formula is C21H17N5O3S. The first kappa shape index (κ1) is 19.6. The summed E-state index contributed by atoms with van der Waals surface area (Å²) >= 11 is 1.29. The lowest BCUT2D eigenvalue weighted by molar-refractivity contribution is -0.383. The minimum atomic E-state index is -0.520. The molecule has 0 saturated heterocycles. The summed E-state index contributed by atoms with van der Waals surface area (Å²) in [5.41, 5.74) is 3.47. The summed E-state index contributed by atoms with van der Waals surface area (Å²) in [5, 5.41) is 18.9. The van der Waals surface area contributed by atoms with Crippen LogP contribution in [0.4, 0.5) is 11.4 Å². The molecule has 0 atom stereocenters. The van der Waals surface area contributed by atoms with Crippen LogP contribution in [0.3, 0.4) is 0 Å². The smallest absolute Gasteiger partial charge is 0.292 e. The number of amides is 1. The van der Waals surface area contributed by atoms with Gasteiger partial charge >= 0.3 is 0 Å². The van der Waals surface area contributed by atoms with Gasteiger partial charge in [-0.3, -0.25) is 14.9 Å². The van der Waals surface area contributed by atoms with Gasteiger partial charge in [0.2, 0.25) is 5.91 Å². The first-order valence-corrected chi connectivity index (χ1v) is 10.1. The number of benzene rings is 2. The highest BCUT2D eigenvalue weighted by atomic mass is 32.2. The number of hydrogen-bond donors (Lipinski definition) is 1. The predicted octanol–water partition coefficient (Wildman–Crippen LogP) is 4.34. The van der Waals surface area contributed by atoms with Crippen LogP contribution in [-0.4, -0.2) is 31.2 Å². The Kier molecular flexibility index (Phi) is 5.44. The number of rotatable bonds is 6. The maximum atomic E-state index is 12.4. The largest absolute Gasteiger partial charge is 0.320 e. The van der Waals surface area contributed by atoms with Crippen molar-refractivity contribution in [2.24, 2.45) is 0 Å². The second-order valence-corrected chi connectivity index (χ2v) is 7.50. The fourth-order valence-corrected chi connectivity index (χ4v) is 3.90. The molecule has 30 heavy (non-hydrogen) atoms. The van der Waals surface area contributed by atoms with Gasteiger partial charge in [-0.2, -0.15) is 5.10 Å². The molecule has 1 amide bonds. The first-order valence-electron chi connectivity index (χ1n) is 9.10. The summed E-state index contributed by atoms with van der Waals surface area (Å²) in [7, 11) is 0. The van der Waals surface area contributed by atoms with E-state index in [-0.39, 0.29) is 23.0 Å². The number of hydrogen-bond acceptors (Lipinski definition) is 6. The number of para-hydroxylation sites is 2. The Balaban J connectivity index is 1.56. The Bertz CT molecular complexity index is 1240. The Labute approximate surface area is 176 Å². The van der Waals surface area contributed by atoms with Gasteiger partial charge in [0.25, 0.3) is 5.69 Å². The maximum Gasteiger partial charge on any atom is 0.292 e. The minimum Gasteiger partial charge on any atom is -0.320 e. The van der Waals surface area contributed by atoms with Crippen molar-refractivity contribution in [3.63, 3.8) is 0 Å². The molecule has 0 aliphatic carbocycles. The highest BCUT2D eigenvalue weighted by molar-refractivity contribution is 7.99. The number of thioether (sulfide) groups is 1. The van der Waals surface area contributed by atoms with E-state index in [1.807, 2.05) is 43.3 Å². The van der Waals surface area contributed by atoms with Gasteiger partial charge in [-0.15, -0.1) is 0 Å². The van der Waals surface area contributed by atoms with Gasteiger partial charge in [0.05, 0.1) is 16.9 Å². The van der Waals surface area contributed by atoms with Crippen molar-refractivity contribution in [2.45, 2.75) is 11.9 Å². The summed E-state index contributed by atoms with van der Waals surface area (Å²) < 4.78 is 1.71. The van der Waals surface area contributed by atoms with Gasteiger partial charge in [-0.1, -0.05) is 54.2 Å². The summed E-state index contributed by atoms with van der Waals surface area (Å²) in [6.07, 6.45) is 1.76. The van der Waals surface area contributed by atoms with Crippen LogP contribution in [0, 0.1) is 17.0 Å². The van der Waals surface area contributed by atoms with E-state index in [2.05, 4.69) is 15.4 Å². The van der Waals surface area contributed by atoms with Crippen molar-refractivity contribution in [1.29, 1.82) is 0 Å². The molecular weight excluding hydrogens is 402 g/mol. The minimum absolute atomic E-state index is 0.0745. The lowest BCUT2D eigenvalue weighted by atomic mass is 10.1. The van der Waals surface area contributed by atoms with Crippen LogP contribution in [0.25, 0.3) is 16.8 Å². The molecule has 2 aromatic heterocycles. The third-order valence-corrected chi connectivity index (χ3v) is 5.37. The monoisotopic (exact) mass is 419 g/mol. The molecule has 150 valence electrons. The fourth-order valence-electron chi connectivity index (χ4n) is 3.04. The molecule has 0 bridgehead atoms. The molecule has 9 heteroatoms. The summed E-state index contributed by atoms with van der Waals surface area (Å²) in [4.78, 5) is 27.6. The molecule has 4 aromatic rings. The zero-order chi connectivity index (χ0) is 21.1. The predicted molar refractivity (Wildman–Crippen MR) is 116 cm³/mol. The molecule has 0 spiro atoms. The van der Waals surface area contributed by atoms with Crippen LogP contribution in [0.5, 0.6) is 0 Å². The normalized spacial score (nSPS) is 10.8. The third kappa shape index (κ3) is 4.01. The number of carbonyl (C=O) groups excluding carboxylic acids is 1. The van der Waals surface area contributed by atoms with Crippen molar-refractivity contribution in [2.75, 3.05) is 11.1 Å². The lowest BCUT2D eigenvalue weighted by Gasteiger charge is -2.08. The van der Waals surface area contributed by atoms with Gasteiger partial charge in [0.15, 0.2) is 5.65 Å². The van der Waals surface area contributed by atoms with E-state index in [1.54, 1.807) is 22.8 Å². The van der Waals surface area contributed by atoms with Crippen molar-refractivity contribution in [3.8, 4) is 11.1 Å². The quantitative estimate of drug-likeness (QED) is 0.216. The molecule has 1 N–H and O–H groups in total. The average Bonchev–Trinajstić information content (AvgIpc) is 3.16. The zero-order valence-corrected chi connectivity index (χ0v) is 16.8. The number of nitro benzene ring substituents is 1. The molecule has 8 nitrogen and oxygen atoms in total. The Morgan fingerprint density at radius 3 is 2.67 bits per heavy atom. The highest BCUT2D eigenvalue weighted by Crippen LogP contribution is 2.28. The number of nitrogens with zero attached hydrogens (tertiary/aromatic N) is 4. The molecule has 0 fully saturated rings. The summed E-state index contributed by atoms with van der Waals surface area (Å²) in [6.45, 7) is 1.89. The Morgan fingerprint density at radius 1 is 1.17 bits per heavy atom. The standard InChI is InChI=1S/C21H17N5O3S/c1-14-11-20(25-21(23-14)16(12-22-25)15-7-3-2-4-8-15)30-13-19(27)24-17-9-5-6-10-18(17)26(28)29/h2-12H,13H2,1H3,(H,24,27). The Hall–Kier alpha value is -3.72. The molecule has 4 rings (SSSR count). The van der Waals surface area contributed by atoms with Crippen LogP contribution in [-0.2, 0) is 4.79 Å². The Morgan fingerprint density at radius 2 is 1.90 bits per heavy atom. The summed E-state index contributed by atoms with van der Waals surface area (Å²) in [5.74, 6) is -0.266. The zero-order valence-electron chi connectivity index (χ0n) is 16.0. The molecule has 0 unspecified atom stereocenters. The van der Waals surface area contributed by atoms with Gasteiger partial charge in [0, 0.05) is 17.3 Å². The summed E-state index contributed by atoms with van der Waals surface area (Å²) in [6, 6.07) is 17.8. The van der Waals surface area contributed by atoms with E-state index in [4.69, 9.17) is 0 Å². The maximum absolute atomic E-state index is 12.4. The van der Waals surface area contributed by atoms with Gasteiger partial charge in [-0.05, 0) is 24.6 Å². The second kappa shape index (κ2) is 8.34. The van der Waals surface area contributed by atoms with Crippen LogP contribution in [0.1, 0.15) is 5.69 Å². The lowest BCUT2D eigenvalue weighted by Crippen LogP contribution is -2.15. The molecule has 0 aliphatic rings. The topological polar surface area (TPSA) is 102 Å². The van der Waals surface area contributed by atoms with Crippen LogP contribution >= 0.6 is 11.8 Å². The van der Waals surface area contributed by atoms with Gasteiger partial charge in [0.1, 0.15) is 10.7 Å². The number of nitrogens with one attached hydrogen (secondary N) is 1. The van der Waals surface area contributed by atoms with Crippen molar-refractivity contribution >= 4 is 34.7 Å². The van der Waals surface area contributed by atoms with E-state index >= 15 is 0 Å². The molecule has 0 saturated carbocycles. The number of fused-ring (bicyclic) bond motifs is 1. The third-order valence-electron chi connectivity index (χ3n) is 4.38. The van der Waals surface area contributed by atoms with Crippen LogP contribution in [0.15, 0.2) is 71.9 Å². The van der Waals surface area contributed by atoms with Crippen molar-refractivity contribution in [3.05, 3.63) is 82.7 Å². The first-order chi connectivity index (χ1) is 14.5. The molecule has 0 radical (unpaired) electrons. The van der Waals surface area contributed by atoms with Crippen LogP contribution < -0.4 is 5.32 Å². The van der Waals surface area contributed by atoms with E-state index in [0.29, 0.717) is 5.65 Å². The number of nitro groups is 1. The fraction of sp³-hybridized carbons (Fsp3) is 0.0952. The van der Waals surface area contributed by atoms with Crippen molar-refractivity contribution < 1.29 is 9.72 Å². The second-order valence-electron chi connectivity index (χ2n) is 6.51. The number of anilines is 1. The van der Waals surface area contributed by atoms with E-state index in [0.717, 1.165) is 21.8 Å². The van der Waals surface area contributed by atoms with E-state index in [1.165, 1.54) is 23.9 Å². The average molecular weight is 419 g/mol. The van der Waals surface area contributed by atoms with Crippen LogP contribution in [0.2, 0.25) is 0 Å². The van der Waals surface area contributed by atoms with Crippen molar-refractivity contribution in [1.82, 2.24) is 14.6 Å². The van der Waals surface area contributed by atoms with E-state index < -0.39 is 4.92 Å². The molecule has 2 aromatic carbocycles. The number of carbonyl (C=O) groups is 1.